The Labute approximate surface area is 127 Å². The Kier molecular flexibility index (Phi) is 5.10. The Hall–Kier alpha value is -2.15. The second-order valence-corrected chi connectivity index (χ2v) is 5.28. The number of nitro benzene ring substituents is 1. The largest absolute Gasteiger partial charge is 0.370 e. The summed E-state index contributed by atoms with van der Waals surface area (Å²) in [4.78, 5) is 20.0. The SMILES string of the molecule is CCNc1cc(Sc2ccccc2[N+](=O)[O-])nc(CC)n1. The van der Waals surface area contributed by atoms with Crippen molar-refractivity contribution >= 4 is 23.3 Å². The molecule has 1 N–H and O–H groups in total. The number of benzene rings is 1. The van der Waals surface area contributed by atoms with Crippen molar-refractivity contribution in [3.8, 4) is 0 Å². The number of nitrogens with one attached hydrogen (secondary N) is 1. The second kappa shape index (κ2) is 7.03. The van der Waals surface area contributed by atoms with Gasteiger partial charge in [0.1, 0.15) is 16.7 Å². The minimum atomic E-state index is -0.380. The second-order valence-electron chi connectivity index (χ2n) is 4.22. The van der Waals surface area contributed by atoms with Gasteiger partial charge in [-0.1, -0.05) is 30.8 Å². The Balaban J connectivity index is 2.35. The lowest BCUT2D eigenvalue weighted by molar-refractivity contribution is -0.387. The number of aromatic nitrogens is 2. The quantitative estimate of drug-likeness (QED) is 0.499. The summed E-state index contributed by atoms with van der Waals surface area (Å²) in [5.74, 6) is 1.46. The van der Waals surface area contributed by atoms with E-state index in [1.54, 1.807) is 18.2 Å². The summed E-state index contributed by atoms with van der Waals surface area (Å²) in [6.45, 7) is 4.73. The molecule has 0 unspecified atom stereocenters. The fourth-order valence-corrected chi connectivity index (χ4v) is 2.70. The van der Waals surface area contributed by atoms with E-state index in [1.807, 2.05) is 19.9 Å². The van der Waals surface area contributed by atoms with Gasteiger partial charge in [0, 0.05) is 25.1 Å². The summed E-state index contributed by atoms with van der Waals surface area (Å²) in [5.41, 5.74) is 0.0872. The Morgan fingerprint density at radius 2 is 2.05 bits per heavy atom. The van der Waals surface area contributed by atoms with Crippen molar-refractivity contribution in [2.75, 3.05) is 11.9 Å². The topological polar surface area (TPSA) is 81.0 Å². The maximum absolute atomic E-state index is 11.1. The molecule has 1 aromatic carbocycles. The van der Waals surface area contributed by atoms with Crippen molar-refractivity contribution in [1.82, 2.24) is 9.97 Å². The van der Waals surface area contributed by atoms with Gasteiger partial charge in [-0.2, -0.15) is 0 Å². The molecule has 110 valence electrons. The van der Waals surface area contributed by atoms with E-state index < -0.39 is 0 Å². The first-order valence-electron chi connectivity index (χ1n) is 6.67. The maximum Gasteiger partial charge on any atom is 0.283 e. The fourth-order valence-electron chi connectivity index (χ4n) is 1.76. The highest BCUT2D eigenvalue weighted by Gasteiger charge is 2.15. The van der Waals surface area contributed by atoms with Crippen LogP contribution in [0.5, 0.6) is 0 Å². The predicted octanol–water partition coefficient (Wildman–Crippen LogP) is 3.53. The van der Waals surface area contributed by atoms with E-state index in [0.717, 1.165) is 18.2 Å². The Morgan fingerprint density at radius 3 is 2.71 bits per heavy atom. The number of nitro groups is 1. The van der Waals surface area contributed by atoms with Crippen LogP contribution in [0.25, 0.3) is 0 Å². The monoisotopic (exact) mass is 304 g/mol. The molecule has 2 aromatic rings. The van der Waals surface area contributed by atoms with Crippen LogP contribution in [-0.2, 0) is 6.42 Å². The molecule has 0 atom stereocenters. The molecule has 0 aliphatic carbocycles. The number of anilines is 1. The standard InChI is InChI=1S/C14H16N4O2S/c1-3-12-16-13(15-4-2)9-14(17-12)21-11-8-6-5-7-10(11)18(19)20/h5-9H,3-4H2,1-2H3,(H,15,16,17). The minimum absolute atomic E-state index is 0.0872. The molecular formula is C14H16N4O2S. The van der Waals surface area contributed by atoms with Crippen LogP contribution in [0.2, 0.25) is 0 Å². The van der Waals surface area contributed by atoms with E-state index >= 15 is 0 Å². The molecule has 6 nitrogen and oxygen atoms in total. The summed E-state index contributed by atoms with van der Waals surface area (Å²) < 4.78 is 0. The number of hydrogen-bond donors (Lipinski definition) is 1. The summed E-state index contributed by atoms with van der Waals surface area (Å²) in [5, 5.41) is 14.9. The van der Waals surface area contributed by atoms with Gasteiger partial charge in [-0.15, -0.1) is 0 Å². The molecule has 0 amide bonds. The average molecular weight is 304 g/mol. The normalized spacial score (nSPS) is 10.4. The van der Waals surface area contributed by atoms with Crippen LogP contribution >= 0.6 is 11.8 Å². The molecule has 7 heteroatoms. The minimum Gasteiger partial charge on any atom is -0.370 e. The number of hydrogen-bond acceptors (Lipinski definition) is 6. The first kappa shape index (κ1) is 15.2. The van der Waals surface area contributed by atoms with Gasteiger partial charge in [-0.05, 0) is 13.0 Å². The first-order valence-corrected chi connectivity index (χ1v) is 7.48. The van der Waals surface area contributed by atoms with Gasteiger partial charge in [0.25, 0.3) is 5.69 Å². The van der Waals surface area contributed by atoms with Gasteiger partial charge in [0.2, 0.25) is 0 Å². The smallest absolute Gasteiger partial charge is 0.283 e. The zero-order chi connectivity index (χ0) is 15.2. The van der Waals surface area contributed by atoms with Crippen LogP contribution < -0.4 is 5.32 Å². The molecule has 0 aliphatic heterocycles. The first-order chi connectivity index (χ1) is 10.1. The molecule has 0 aliphatic rings. The molecule has 21 heavy (non-hydrogen) atoms. The molecule has 0 bridgehead atoms. The molecule has 1 aromatic heterocycles. The summed E-state index contributed by atoms with van der Waals surface area (Å²) >= 11 is 1.28. The van der Waals surface area contributed by atoms with Gasteiger partial charge in [0.05, 0.1) is 9.82 Å². The molecule has 0 spiro atoms. The molecule has 0 fully saturated rings. The molecule has 1 heterocycles. The summed E-state index contributed by atoms with van der Waals surface area (Å²) in [6.07, 6.45) is 0.712. The van der Waals surface area contributed by atoms with E-state index in [1.165, 1.54) is 17.8 Å². The maximum atomic E-state index is 11.1. The molecule has 0 radical (unpaired) electrons. The molecular weight excluding hydrogens is 288 g/mol. The molecule has 0 saturated carbocycles. The Bertz CT molecular complexity index is 649. The van der Waals surface area contributed by atoms with Crippen molar-refractivity contribution in [1.29, 1.82) is 0 Å². The van der Waals surface area contributed by atoms with Gasteiger partial charge in [-0.3, -0.25) is 10.1 Å². The fraction of sp³-hybridized carbons (Fsp3) is 0.286. The van der Waals surface area contributed by atoms with Crippen LogP contribution in [0.15, 0.2) is 40.3 Å². The lowest BCUT2D eigenvalue weighted by atomic mass is 10.3. The summed E-state index contributed by atoms with van der Waals surface area (Å²) in [6, 6.07) is 8.47. The molecule has 2 rings (SSSR count). The zero-order valence-corrected chi connectivity index (χ0v) is 12.7. The zero-order valence-electron chi connectivity index (χ0n) is 11.9. The van der Waals surface area contributed by atoms with Crippen LogP contribution in [0.3, 0.4) is 0 Å². The van der Waals surface area contributed by atoms with Gasteiger partial charge >= 0.3 is 0 Å². The van der Waals surface area contributed by atoms with E-state index in [9.17, 15) is 10.1 Å². The van der Waals surface area contributed by atoms with Crippen molar-refractivity contribution in [3.63, 3.8) is 0 Å². The molecule has 0 saturated heterocycles. The van der Waals surface area contributed by atoms with Crippen LogP contribution in [0.1, 0.15) is 19.7 Å². The third-order valence-corrected chi connectivity index (χ3v) is 3.68. The van der Waals surface area contributed by atoms with Crippen molar-refractivity contribution < 1.29 is 4.92 Å². The lowest BCUT2D eigenvalue weighted by Gasteiger charge is -2.08. The number of para-hydroxylation sites is 1. The van der Waals surface area contributed by atoms with Crippen molar-refractivity contribution in [3.05, 3.63) is 46.3 Å². The highest BCUT2D eigenvalue weighted by Crippen LogP contribution is 2.34. The van der Waals surface area contributed by atoms with E-state index in [2.05, 4.69) is 15.3 Å². The third-order valence-electron chi connectivity index (χ3n) is 2.70. The highest BCUT2D eigenvalue weighted by molar-refractivity contribution is 7.99. The van der Waals surface area contributed by atoms with Gasteiger partial charge in [0.15, 0.2) is 0 Å². The van der Waals surface area contributed by atoms with Crippen molar-refractivity contribution in [2.24, 2.45) is 0 Å². The van der Waals surface area contributed by atoms with Gasteiger partial charge < -0.3 is 5.32 Å². The van der Waals surface area contributed by atoms with E-state index in [0.29, 0.717) is 16.3 Å². The highest BCUT2D eigenvalue weighted by atomic mass is 32.2. The van der Waals surface area contributed by atoms with Crippen LogP contribution in [0, 0.1) is 10.1 Å². The average Bonchev–Trinajstić information content (AvgIpc) is 2.47. The number of aryl methyl sites for hydroxylation is 1. The van der Waals surface area contributed by atoms with Gasteiger partial charge in [-0.25, -0.2) is 9.97 Å². The number of rotatable bonds is 6. The number of nitrogens with zero attached hydrogens (tertiary/aromatic N) is 3. The van der Waals surface area contributed by atoms with E-state index in [4.69, 9.17) is 0 Å². The summed E-state index contributed by atoms with van der Waals surface area (Å²) in [7, 11) is 0. The van der Waals surface area contributed by atoms with Crippen LogP contribution in [0.4, 0.5) is 11.5 Å². The lowest BCUT2D eigenvalue weighted by Crippen LogP contribution is -2.03. The van der Waals surface area contributed by atoms with Crippen LogP contribution in [-0.4, -0.2) is 21.4 Å². The van der Waals surface area contributed by atoms with E-state index in [-0.39, 0.29) is 10.6 Å². The predicted molar refractivity (Wildman–Crippen MR) is 82.8 cm³/mol. The van der Waals surface area contributed by atoms with Crippen molar-refractivity contribution in [2.45, 2.75) is 30.2 Å². The third kappa shape index (κ3) is 3.91. The Morgan fingerprint density at radius 1 is 1.29 bits per heavy atom.